The molecule has 0 bridgehead atoms. The molecule has 1 atom stereocenters. The normalized spacial score (nSPS) is 12.1. The van der Waals surface area contributed by atoms with Crippen molar-refractivity contribution < 1.29 is 19.1 Å². The topological polar surface area (TPSA) is 131 Å². The van der Waals surface area contributed by atoms with Crippen molar-refractivity contribution >= 4 is 29.7 Å². The zero-order chi connectivity index (χ0) is 12.8. The fourth-order valence-corrected chi connectivity index (χ4v) is 1.62. The molecule has 0 radical (unpaired) electrons. The van der Waals surface area contributed by atoms with Crippen molar-refractivity contribution in [3.05, 3.63) is 5.89 Å². The molecule has 9 heteroatoms. The molecule has 4 N–H and O–H groups in total. The van der Waals surface area contributed by atoms with Gasteiger partial charge >= 0.3 is 12.0 Å². The molecule has 0 aliphatic rings. The molecule has 1 aromatic heterocycles. The van der Waals surface area contributed by atoms with E-state index in [4.69, 9.17) is 15.3 Å². The van der Waals surface area contributed by atoms with E-state index in [0.717, 1.165) is 11.8 Å². The minimum atomic E-state index is -1.09. The number of anilines is 1. The molecule has 1 heterocycles. The molecule has 1 rings (SSSR count). The summed E-state index contributed by atoms with van der Waals surface area (Å²) in [6, 6.07) is -0.950. The van der Waals surface area contributed by atoms with Crippen LogP contribution in [0.4, 0.5) is 6.01 Å². The number of carboxylic acid groups (broad SMARTS) is 1. The summed E-state index contributed by atoms with van der Waals surface area (Å²) >= 11 is 1.12. The van der Waals surface area contributed by atoms with Crippen LogP contribution in [0, 0.1) is 6.92 Å². The summed E-state index contributed by atoms with van der Waals surface area (Å²) in [6.07, 6.45) is 0. The van der Waals surface area contributed by atoms with Gasteiger partial charge in [0.25, 0.3) is 0 Å². The summed E-state index contributed by atoms with van der Waals surface area (Å²) in [5, 5.41) is 18.0. The largest absolute Gasteiger partial charge is 0.480 e. The van der Waals surface area contributed by atoms with E-state index in [9.17, 15) is 9.59 Å². The van der Waals surface area contributed by atoms with Crippen LogP contribution < -0.4 is 11.1 Å². The maximum Gasteiger partial charge on any atom is 0.322 e. The van der Waals surface area contributed by atoms with E-state index < -0.39 is 12.0 Å². The van der Waals surface area contributed by atoms with E-state index in [1.807, 2.05) is 0 Å². The second-order valence-electron chi connectivity index (χ2n) is 3.13. The van der Waals surface area contributed by atoms with Crippen LogP contribution in [0.1, 0.15) is 5.89 Å². The molecule has 8 nitrogen and oxygen atoms in total. The van der Waals surface area contributed by atoms with Gasteiger partial charge in [0.15, 0.2) is 0 Å². The van der Waals surface area contributed by atoms with Gasteiger partial charge in [0, 0.05) is 12.7 Å². The number of hydrogen-bond acceptors (Lipinski definition) is 7. The van der Waals surface area contributed by atoms with Gasteiger partial charge in [-0.3, -0.25) is 14.9 Å². The Morgan fingerprint density at radius 1 is 1.59 bits per heavy atom. The zero-order valence-electron chi connectivity index (χ0n) is 9.04. The van der Waals surface area contributed by atoms with Crippen molar-refractivity contribution in [1.82, 2.24) is 10.2 Å². The van der Waals surface area contributed by atoms with Crippen LogP contribution in [-0.2, 0) is 9.59 Å². The second kappa shape index (κ2) is 6.21. The van der Waals surface area contributed by atoms with Crippen LogP contribution in [0.15, 0.2) is 4.42 Å². The Hall–Kier alpha value is -1.61. The third kappa shape index (κ3) is 4.83. The highest BCUT2D eigenvalue weighted by molar-refractivity contribution is 8.00. The highest BCUT2D eigenvalue weighted by Crippen LogP contribution is 2.06. The lowest BCUT2D eigenvalue weighted by Crippen LogP contribution is -2.33. The SMILES string of the molecule is Cc1nnc(NC(=O)CSC[C@H](N)C(=O)O)o1. The third-order valence-corrected chi connectivity index (χ3v) is 2.68. The zero-order valence-corrected chi connectivity index (χ0v) is 9.86. The van der Waals surface area contributed by atoms with Crippen molar-refractivity contribution in [2.24, 2.45) is 5.73 Å². The van der Waals surface area contributed by atoms with Gasteiger partial charge in [-0.15, -0.1) is 16.9 Å². The van der Waals surface area contributed by atoms with Gasteiger partial charge in [-0.1, -0.05) is 5.10 Å². The van der Waals surface area contributed by atoms with Crippen molar-refractivity contribution in [3.8, 4) is 0 Å². The number of thioether (sulfide) groups is 1. The van der Waals surface area contributed by atoms with Gasteiger partial charge in [0.1, 0.15) is 6.04 Å². The van der Waals surface area contributed by atoms with E-state index in [1.54, 1.807) is 6.92 Å². The molecule has 1 amide bonds. The lowest BCUT2D eigenvalue weighted by atomic mass is 10.4. The Balaban J connectivity index is 2.24. The highest BCUT2D eigenvalue weighted by Gasteiger charge is 2.13. The number of aliphatic carboxylic acids is 1. The summed E-state index contributed by atoms with van der Waals surface area (Å²) in [4.78, 5) is 21.7. The minimum absolute atomic E-state index is 0.0237. The number of carbonyl (C=O) groups excluding carboxylic acids is 1. The lowest BCUT2D eigenvalue weighted by molar-refractivity contribution is -0.137. The van der Waals surface area contributed by atoms with Crippen LogP contribution in [0.25, 0.3) is 0 Å². The monoisotopic (exact) mass is 260 g/mol. The van der Waals surface area contributed by atoms with E-state index in [-0.39, 0.29) is 23.4 Å². The number of hydrogen-bond donors (Lipinski definition) is 3. The van der Waals surface area contributed by atoms with E-state index >= 15 is 0 Å². The summed E-state index contributed by atoms with van der Waals surface area (Å²) in [5.74, 6) is -0.865. The maximum atomic E-state index is 11.3. The first-order chi connectivity index (χ1) is 7.99. The molecular weight excluding hydrogens is 248 g/mol. The quantitative estimate of drug-likeness (QED) is 0.621. The van der Waals surface area contributed by atoms with Gasteiger partial charge in [0.2, 0.25) is 11.8 Å². The van der Waals surface area contributed by atoms with Gasteiger partial charge in [-0.25, -0.2) is 0 Å². The van der Waals surface area contributed by atoms with Crippen molar-refractivity contribution in [2.75, 3.05) is 16.8 Å². The fraction of sp³-hybridized carbons (Fsp3) is 0.500. The Kier molecular flexibility index (Phi) is 4.91. The fourth-order valence-electron chi connectivity index (χ4n) is 0.852. The summed E-state index contributed by atoms with van der Waals surface area (Å²) in [5.41, 5.74) is 5.27. The predicted molar refractivity (Wildman–Crippen MR) is 60.6 cm³/mol. The standard InChI is InChI=1S/C8H12N4O4S/c1-4-11-12-8(16-4)10-6(13)3-17-2-5(9)7(14)15/h5H,2-3,9H2,1H3,(H,14,15)(H,10,12,13)/t5-/m0/s1. The van der Waals surface area contributed by atoms with Crippen LogP contribution in [0.2, 0.25) is 0 Å². The number of nitrogens with one attached hydrogen (secondary N) is 1. The lowest BCUT2D eigenvalue weighted by Gasteiger charge is -2.04. The molecule has 17 heavy (non-hydrogen) atoms. The molecule has 1 aromatic rings. The number of nitrogens with zero attached hydrogens (tertiary/aromatic N) is 2. The molecule has 0 aliphatic heterocycles. The molecule has 0 saturated carbocycles. The first kappa shape index (κ1) is 13.5. The molecule has 0 saturated heterocycles. The summed E-state index contributed by atoms with van der Waals surface area (Å²) in [7, 11) is 0. The smallest absolute Gasteiger partial charge is 0.322 e. The Bertz CT molecular complexity index is 408. The van der Waals surface area contributed by atoms with Gasteiger partial charge < -0.3 is 15.3 Å². The van der Waals surface area contributed by atoms with Crippen molar-refractivity contribution in [1.29, 1.82) is 0 Å². The van der Waals surface area contributed by atoms with Crippen LogP contribution in [0.3, 0.4) is 0 Å². The molecule has 0 aliphatic carbocycles. The average molecular weight is 260 g/mol. The van der Waals surface area contributed by atoms with Crippen LogP contribution >= 0.6 is 11.8 Å². The molecular formula is C8H12N4O4S. The molecule has 0 spiro atoms. The molecule has 0 fully saturated rings. The van der Waals surface area contributed by atoms with Gasteiger partial charge in [-0.05, 0) is 0 Å². The molecule has 94 valence electrons. The maximum absolute atomic E-state index is 11.3. The molecule has 0 aromatic carbocycles. The Morgan fingerprint density at radius 2 is 2.29 bits per heavy atom. The number of nitrogens with two attached hydrogens (primary N) is 1. The molecule has 0 unspecified atom stereocenters. The Labute approximate surface area is 101 Å². The van der Waals surface area contributed by atoms with Crippen LogP contribution in [0.5, 0.6) is 0 Å². The van der Waals surface area contributed by atoms with E-state index in [0.29, 0.717) is 5.89 Å². The van der Waals surface area contributed by atoms with E-state index in [1.165, 1.54) is 0 Å². The van der Waals surface area contributed by atoms with Crippen LogP contribution in [-0.4, -0.2) is 44.7 Å². The number of carbonyl (C=O) groups is 2. The predicted octanol–water partition coefficient (Wildman–Crippen LogP) is -0.538. The first-order valence-electron chi connectivity index (χ1n) is 4.65. The summed E-state index contributed by atoms with van der Waals surface area (Å²) in [6.45, 7) is 1.60. The third-order valence-electron chi connectivity index (χ3n) is 1.62. The highest BCUT2D eigenvalue weighted by atomic mass is 32.2. The van der Waals surface area contributed by atoms with Crippen molar-refractivity contribution in [2.45, 2.75) is 13.0 Å². The van der Waals surface area contributed by atoms with Crippen molar-refractivity contribution in [3.63, 3.8) is 0 Å². The minimum Gasteiger partial charge on any atom is -0.480 e. The first-order valence-corrected chi connectivity index (χ1v) is 5.80. The van der Waals surface area contributed by atoms with Gasteiger partial charge in [-0.2, -0.15) is 0 Å². The second-order valence-corrected chi connectivity index (χ2v) is 4.16. The number of amides is 1. The number of aryl methyl sites for hydroxylation is 1. The number of carboxylic acids is 1. The number of aromatic nitrogens is 2. The van der Waals surface area contributed by atoms with E-state index in [2.05, 4.69) is 15.5 Å². The summed E-state index contributed by atoms with van der Waals surface area (Å²) < 4.78 is 4.94. The Morgan fingerprint density at radius 3 is 2.82 bits per heavy atom. The van der Waals surface area contributed by atoms with Gasteiger partial charge in [0.05, 0.1) is 5.75 Å². The number of rotatable bonds is 6. The average Bonchev–Trinajstić information content (AvgIpc) is 2.63.